The summed E-state index contributed by atoms with van der Waals surface area (Å²) in [5.41, 5.74) is 2.07. The van der Waals surface area contributed by atoms with E-state index in [-0.39, 0.29) is 5.75 Å². The van der Waals surface area contributed by atoms with Gasteiger partial charge in [-0.05, 0) is 41.6 Å². The van der Waals surface area contributed by atoms with Crippen LogP contribution >= 0.6 is 34.7 Å². The monoisotopic (exact) mass is 398 g/mol. The van der Waals surface area contributed by atoms with E-state index in [9.17, 15) is 8.42 Å². The first kappa shape index (κ1) is 17.5. The Morgan fingerprint density at radius 3 is 2.83 bits per heavy atom. The lowest BCUT2D eigenvalue weighted by Gasteiger charge is -2.08. The molecule has 0 aliphatic heterocycles. The van der Waals surface area contributed by atoms with Gasteiger partial charge >= 0.3 is 0 Å². The maximum Gasteiger partial charge on any atom is 0.236 e. The van der Waals surface area contributed by atoms with Gasteiger partial charge in [-0.15, -0.1) is 11.3 Å². The molecule has 126 valence electrons. The minimum Gasteiger partial charge on any atom is -0.283 e. The van der Waals surface area contributed by atoms with Gasteiger partial charge in [0.05, 0.1) is 21.7 Å². The van der Waals surface area contributed by atoms with Crippen molar-refractivity contribution < 1.29 is 8.42 Å². The zero-order valence-corrected chi connectivity index (χ0v) is 16.0. The number of rotatable bonds is 6. The van der Waals surface area contributed by atoms with Gasteiger partial charge in [0.1, 0.15) is 0 Å². The molecule has 0 aliphatic carbocycles. The largest absolute Gasteiger partial charge is 0.283 e. The van der Waals surface area contributed by atoms with Crippen LogP contribution in [-0.4, -0.2) is 19.2 Å². The van der Waals surface area contributed by atoms with Gasteiger partial charge in [-0.25, -0.2) is 13.4 Å². The number of halogens is 1. The van der Waals surface area contributed by atoms with E-state index in [1.165, 1.54) is 0 Å². The minimum atomic E-state index is -3.51. The number of thioether (sulfide) groups is 1. The number of nitrogens with zero attached hydrogens (tertiary/aromatic N) is 1. The predicted molar refractivity (Wildman–Crippen MR) is 104 cm³/mol. The average Bonchev–Trinajstić information content (AvgIpc) is 2.88. The van der Waals surface area contributed by atoms with E-state index < -0.39 is 10.0 Å². The third-order valence-electron chi connectivity index (χ3n) is 3.16. The predicted octanol–water partition coefficient (Wildman–Crippen LogP) is 5.00. The third-order valence-corrected chi connectivity index (χ3v) is 6.69. The molecule has 0 saturated heterocycles. The van der Waals surface area contributed by atoms with Crippen molar-refractivity contribution in [1.82, 2.24) is 4.98 Å². The average molecular weight is 399 g/mol. The van der Waals surface area contributed by atoms with E-state index in [2.05, 4.69) is 16.6 Å². The second-order valence-corrected chi connectivity index (χ2v) is 9.79. The molecule has 1 N–H and O–H groups in total. The fourth-order valence-corrected chi connectivity index (χ4v) is 5.61. The number of hydrogen-bond acceptors (Lipinski definition) is 5. The number of aromatic nitrogens is 1. The molecule has 0 unspecified atom stereocenters. The molecular formula is C16H15ClN2O2S3. The van der Waals surface area contributed by atoms with Gasteiger partial charge in [0.25, 0.3) is 0 Å². The maximum absolute atomic E-state index is 12.4. The number of hydrogen-bond donors (Lipinski definition) is 1. The fourth-order valence-electron chi connectivity index (χ4n) is 2.21. The highest BCUT2D eigenvalue weighted by Gasteiger charge is 2.13. The highest BCUT2D eigenvalue weighted by atomic mass is 35.5. The van der Waals surface area contributed by atoms with Crippen molar-refractivity contribution in [3.63, 3.8) is 0 Å². The highest BCUT2D eigenvalue weighted by Crippen LogP contribution is 2.31. The van der Waals surface area contributed by atoms with Gasteiger partial charge < -0.3 is 0 Å². The quantitative estimate of drug-likeness (QED) is 0.593. The molecule has 0 amide bonds. The summed E-state index contributed by atoms with van der Waals surface area (Å²) in [6, 6.07) is 12.2. The molecule has 1 heterocycles. The lowest BCUT2D eigenvalue weighted by atomic mass is 10.2. The molecule has 2 aromatic carbocycles. The number of fused-ring (bicyclic) bond motifs is 1. The Morgan fingerprint density at radius 2 is 2.08 bits per heavy atom. The molecule has 0 saturated carbocycles. The van der Waals surface area contributed by atoms with Crippen LogP contribution in [0.4, 0.5) is 5.69 Å². The summed E-state index contributed by atoms with van der Waals surface area (Å²) >= 11 is 9.15. The highest BCUT2D eigenvalue weighted by molar-refractivity contribution is 8.01. The Kier molecular flexibility index (Phi) is 5.34. The van der Waals surface area contributed by atoms with Crippen LogP contribution in [0.5, 0.6) is 0 Å². The second kappa shape index (κ2) is 7.31. The van der Waals surface area contributed by atoms with Crippen molar-refractivity contribution in [2.24, 2.45) is 0 Å². The number of benzene rings is 2. The summed E-state index contributed by atoms with van der Waals surface area (Å²) in [4.78, 5) is 4.51. The first-order valence-electron chi connectivity index (χ1n) is 7.23. The number of sulfonamides is 1. The van der Waals surface area contributed by atoms with Crippen LogP contribution in [0, 0.1) is 0 Å². The summed E-state index contributed by atoms with van der Waals surface area (Å²) < 4.78 is 29.3. The lowest BCUT2D eigenvalue weighted by molar-refractivity contribution is 0.600. The van der Waals surface area contributed by atoms with Crippen LogP contribution in [0.2, 0.25) is 5.02 Å². The molecule has 1 aromatic heterocycles. The molecule has 8 heteroatoms. The summed E-state index contributed by atoms with van der Waals surface area (Å²) in [5, 5.41) is 0.523. The number of nitrogens with one attached hydrogen (secondary N) is 1. The Bertz CT molecular complexity index is 970. The molecule has 0 radical (unpaired) electrons. The van der Waals surface area contributed by atoms with Crippen LogP contribution < -0.4 is 4.72 Å². The van der Waals surface area contributed by atoms with E-state index in [4.69, 9.17) is 11.6 Å². The first-order valence-corrected chi connectivity index (χ1v) is 11.1. The molecule has 3 aromatic rings. The fraction of sp³-hybridized carbons (Fsp3) is 0.188. The normalized spacial score (nSPS) is 11.8. The zero-order valence-electron chi connectivity index (χ0n) is 12.8. The van der Waals surface area contributed by atoms with Crippen LogP contribution in [0.3, 0.4) is 0 Å². The third kappa shape index (κ3) is 4.42. The maximum atomic E-state index is 12.4. The molecule has 0 bridgehead atoms. The van der Waals surface area contributed by atoms with Crippen LogP contribution in [0.15, 0.2) is 46.8 Å². The van der Waals surface area contributed by atoms with Gasteiger partial charge in [-0.2, -0.15) is 0 Å². The Balaban J connectivity index is 1.80. The SMILES string of the molecule is CCSc1nc2ccc(NS(=O)(=O)Cc3cccc(Cl)c3)cc2s1. The molecule has 0 atom stereocenters. The van der Waals surface area contributed by atoms with Crippen molar-refractivity contribution in [2.45, 2.75) is 17.0 Å². The topological polar surface area (TPSA) is 59.1 Å². The van der Waals surface area contributed by atoms with Crippen LogP contribution in [-0.2, 0) is 15.8 Å². The molecular weight excluding hydrogens is 384 g/mol. The van der Waals surface area contributed by atoms with Crippen molar-refractivity contribution in [1.29, 1.82) is 0 Å². The first-order chi connectivity index (χ1) is 11.4. The zero-order chi connectivity index (χ0) is 17.2. The van der Waals surface area contributed by atoms with E-state index >= 15 is 0 Å². The Hall–Kier alpha value is -1.28. The number of anilines is 1. The molecule has 4 nitrogen and oxygen atoms in total. The summed E-state index contributed by atoms with van der Waals surface area (Å²) in [5.74, 6) is 0.837. The summed E-state index contributed by atoms with van der Waals surface area (Å²) in [7, 11) is -3.51. The molecule has 0 fully saturated rings. The Morgan fingerprint density at radius 1 is 1.25 bits per heavy atom. The van der Waals surface area contributed by atoms with Crippen LogP contribution in [0.25, 0.3) is 10.2 Å². The van der Waals surface area contributed by atoms with Gasteiger partial charge in [0.15, 0.2) is 4.34 Å². The summed E-state index contributed by atoms with van der Waals surface area (Å²) in [6.45, 7) is 2.08. The van der Waals surface area contributed by atoms with E-state index in [0.29, 0.717) is 16.3 Å². The minimum absolute atomic E-state index is 0.120. The summed E-state index contributed by atoms with van der Waals surface area (Å²) in [6.07, 6.45) is 0. The lowest BCUT2D eigenvalue weighted by Crippen LogP contribution is -2.14. The van der Waals surface area contributed by atoms with E-state index in [1.54, 1.807) is 53.4 Å². The smallest absolute Gasteiger partial charge is 0.236 e. The standard InChI is InChI=1S/C16H15ClN2O2S3/c1-2-22-16-18-14-7-6-13(9-15(14)23-16)19-24(20,21)10-11-4-3-5-12(17)8-11/h3-9,19H,2,10H2,1H3. The van der Waals surface area contributed by atoms with Crippen molar-refractivity contribution in [3.05, 3.63) is 53.1 Å². The van der Waals surface area contributed by atoms with Crippen molar-refractivity contribution >= 4 is 60.6 Å². The van der Waals surface area contributed by atoms with E-state index in [1.807, 2.05) is 12.1 Å². The second-order valence-electron chi connectivity index (χ2n) is 5.09. The van der Waals surface area contributed by atoms with Gasteiger partial charge in [0, 0.05) is 5.02 Å². The molecule has 0 spiro atoms. The Labute approximate surface area is 154 Å². The van der Waals surface area contributed by atoms with Gasteiger partial charge in [-0.1, -0.05) is 42.4 Å². The number of thiazole rings is 1. The molecule has 24 heavy (non-hydrogen) atoms. The van der Waals surface area contributed by atoms with Gasteiger partial charge in [-0.3, -0.25) is 4.72 Å². The van der Waals surface area contributed by atoms with Gasteiger partial charge in [0.2, 0.25) is 10.0 Å². The molecule has 3 rings (SSSR count). The van der Waals surface area contributed by atoms with Crippen LogP contribution in [0.1, 0.15) is 12.5 Å². The molecule has 0 aliphatic rings. The van der Waals surface area contributed by atoms with Crippen molar-refractivity contribution in [2.75, 3.05) is 10.5 Å². The van der Waals surface area contributed by atoms with Crippen molar-refractivity contribution in [3.8, 4) is 0 Å². The van der Waals surface area contributed by atoms with E-state index in [0.717, 1.165) is 20.3 Å².